The third kappa shape index (κ3) is 14.2. The summed E-state index contributed by atoms with van der Waals surface area (Å²) in [5, 5.41) is 29.4. The highest BCUT2D eigenvalue weighted by Gasteiger charge is 2.37. The van der Waals surface area contributed by atoms with Crippen LogP contribution in [-0.2, 0) is 4.79 Å². The molecule has 0 bridgehead atoms. The van der Waals surface area contributed by atoms with E-state index in [0.717, 1.165) is 30.8 Å². The van der Waals surface area contributed by atoms with E-state index in [4.69, 9.17) is 24.5 Å². The summed E-state index contributed by atoms with van der Waals surface area (Å²) < 4.78 is 39.6. The average Bonchev–Trinajstić information content (AvgIpc) is 3.41. The smallest absolute Gasteiger partial charge is 0.414 e. The lowest BCUT2D eigenvalue weighted by molar-refractivity contribution is -0.204. The number of rotatable bonds is 4. The van der Waals surface area contributed by atoms with Crippen LogP contribution in [0.15, 0.2) is 41.3 Å². The number of alkyl halides is 3. The molecule has 11 heteroatoms. The van der Waals surface area contributed by atoms with E-state index in [1.165, 1.54) is 19.0 Å². The number of benzene rings is 1. The first-order chi connectivity index (χ1) is 14.6. The highest BCUT2D eigenvalue weighted by molar-refractivity contribution is 5.56. The van der Waals surface area contributed by atoms with Gasteiger partial charge in [-0.1, -0.05) is 29.8 Å². The van der Waals surface area contributed by atoms with E-state index < -0.39 is 12.3 Å². The number of carbonyl (C=O) groups is 1. The number of nitrogens with zero attached hydrogens (tertiary/aromatic N) is 1. The van der Waals surface area contributed by atoms with E-state index in [1.54, 1.807) is 6.20 Å². The third-order valence-electron chi connectivity index (χ3n) is 3.85. The minimum Gasteiger partial charge on any atom is -0.483 e. The predicted molar refractivity (Wildman–Crippen MR) is 109 cm³/mol. The lowest BCUT2D eigenvalue weighted by atomic mass is 10.1. The molecule has 2 heterocycles. The summed E-state index contributed by atoms with van der Waals surface area (Å²) in [5.74, 6) is 0.815. The van der Waals surface area contributed by atoms with E-state index in [1.807, 2.05) is 12.1 Å². The van der Waals surface area contributed by atoms with E-state index in [2.05, 4.69) is 34.7 Å². The predicted octanol–water partition coefficient (Wildman–Crippen LogP) is 2.21. The minimum absolute atomic E-state index is 0.0648. The van der Waals surface area contributed by atoms with Gasteiger partial charge in [-0.05, 0) is 39.9 Å². The molecule has 5 N–H and O–H groups in total. The van der Waals surface area contributed by atoms with E-state index in [9.17, 15) is 13.2 Å². The van der Waals surface area contributed by atoms with Crippen molar-refractivity contribution >= 4 is 6.47 Å². The van der Waals surface area contributed by atoms with Crippen molar-refractivity contribution in [2.75, 3.05) is 26.7 Å². The van der Waals surface area contributed by atoms with Crippen LogP contribution < -0.4 is 10.6 Å². The fraction of sp³-hybridized carbons (Fsp3) is 0.500. The van der Waals surface area contributed by atoms with Gasteiger partial charge in [0.05, 0.1) is 12.3 Å². The Bertz CT molecular complexity index is 676. The lowest BCUT2D eigenvalue weighted by Crippen LogP contribution is -2.31. The maximum Gasteiger partial charge on any atom is 0.414 e. The van der Waals surface area contributed by atoms with Gasteiger partial charge in [-0.25, -0.2) is 4.98 Å². The Kier molecular flexibility index (Phi) is 15.0. The minimum atomic E-state index is -4.48. The van der Waals surface area contributed by atoms with E-state index in [0.29, 0.717) is 0 Å². The van der Waals surface area contributed by atoms with Crippen LogP contribution in [0.2, 0.25) is 0 Å². The van der Waals surface area contributed by atoms with Crippen molar-refractivity contribution in [3.8, 4) is 11.3 Å². The number of aliphatic hydroxyl groups is 2. The molecule has 31 heavy (non-hydrogen) atoms. The standard InChI is InChI=1S/C10H9NO.C5H10F3NO.C4H9NO.CH2O2/c1-8-2-4-9(5-3-8)10-6-11-7-12-10;1-9-3-2-4(10)5(6,7)8;6-4-1-2-5-3-4;2-1-3/h2-7H,1H3;4,9-10H,2-3H2,1H3;4-6H,1-3H2;1H,(H,2,3). The molecule has 1 saturated heterocycles. The van der Waals surface area contributed by atoms with Crippen molar-refractivity contribution in [1.29, 1.82) is 0 Å². The van der Waals surface area contributed by atoms with Crippen LogP contribution in [-0.4, -0.2) is 71.8 Å². The Labute approximate surface area is 179 Å². The molecular formula is C20H30F3N3O5. The van der Waals surface area contributed by atoms with Gasteiger partial charge >= 0.3 is 6.18 Å². The van der Waals surface area contributed by atoms with E-state index in [-0.39, 0.29) is 25.5 Å². The first-order valence-corrected chi connectivity index (χ1v) is 9.47. The second kappa shape index (κ2) is 16.3. The van der Waals surface area contributed by atoms with Crippen molar-refractivity contribution < 1.29 is 37.7 Å². The van der Waals surface area contributed by atoms with Crippen molar-refractivity contribution in [2.24, 2.45) is 0 Å². The van der Waals surface area contributed by atoms with Gasteiger partial charge in [-0.2, -0.15) is 13.2 Å². The summed E-state index contributed by atoms with van der Waals surface area (Å²) in [7, 11) is 1.53. The van der Waals surface area contributed by atoms with Crippen LogP contribution in [0, 0.1) is 6.92 Å². The lowest BCUT2D eigenvalue weighted by Gasteiger charge is -2.13. The Hall–Kier alpha value is -2.47. The quantitative estimate of drug-likeness (QED) is 0.450. The maximum atomic E-state index is 11.5. The van der Waals surface area contributed by atoms with Crippen molar-refractivity contribution in [3.05, 3.63) is 42.4 Å². The molecule has 2 unspecified atom stereocenters. The van der Waals surface area contributed by atoms with Crippen LogP contribution in [0.5, 0.6) is 0 Å². The molecule has 176 valence electrons. The van der Waals surface area contributed by atoms with Crippen LogP contribution in [0.4, 0.5) is 13.2 Å². The third-order valence-corrected chi connectivity index (χ3v) is 3.85. The molecule has 2 atom stereocenters. The first kappa shape index (κ1) is 28.5. The monoisotopic (exact) mass is 449 g/mol. The molecule has 0 radical (unpaired) electrons. The normalized spacial score (nSPS) is 15.9. The van der Waals surface area contributed by atoms with Crippen LogP contribution in [0.3, 0.4) is 0 Å². The van der Waals surface area contributed by atoms with Gasteiger partial charge < -0.3 is 30.4 Å². The Morgan fingerprint density at radius 3 is 2.32 bits per heavy atom. The molecule has 2 aromatic rings. The second-order valence-electron chi connectivity index (χ2n) is 6.43. The highest BCUT2D eigenvalue weighted by Crippen LogP contribution is 2.21. The van der Waals surface area contributed by atoms with Gasteiger partial charge in [0.1, 0.15) is 0 Å². The molecule has 0 spiro atoms. The number of hydrogen-bond donors (Lipinski definition) is 5. The number of β-amino-alcohol motifs (C(OH)–C–C–N with tert-alkyl or cyclic N) is 1. The summed E-state index contributed by atoms with van der Waals surface area (Å²) in [6.45, 7) is 3.76. The number of carboxylic acid groups (broad SMARTS) is 1. The average molecular weight is 449 g/mol. The number of aliphatic hydroxyl groups excluding tert-OH is 2. The molecule has 0 saturated carbocycles. The van der Waals surface area contributed by atoms with Crippen molar-refractivity contribution in [2.45, 2.75) is 38.1 Å². The number of halogens is 3. The zero-order valence-corrected chi connectivity index (χ0v) is 17.5. The number of aryl methyl sites for hydroxylation is 1. The van der Waals surface area contributed by atoms with Crippen LogP contribution in [0.25, 0.3) is 11.3 Å². The first-order valence-electron chi connectivity index (χ1n) is 9.47. The Morgan fingerprint density at radius 1 is 1.35 bits per heavy atom. The Morgan fingerprint density at radius 2 is 1.97 bits per heavy atom. The van der Waals surface area contributed by atoms with Gasteiger partial charge in [0, 0.05) is 12.1 Å². The maximum absolute atomic E-state index is 11.5. The van der Waals surface area contributed by atoms with E-state index >= 15 is 0 Å². The molecule has 1 fully saturated rings. The number of aromatic nitrogens is 1. The summed E-state index contributed by atoms with van der Waals surface area (Å²) in [6.07, 6.45) is -2.94. The summed E-state index contributed by atoms with van der Waals surface area (Å²) in [6, 6.07) is 8.15. The number of oxazole rings is 1. The molecule has 1 aliphatic heterocycles. The SMILES string of the molecule is CNCCC(O)C(F)(F)F.Cc1ccc(-c2cnco2)cc1.O=CO.OC1CCNC1. The van der Waals surface area contributed by atoms with Gasteiger partial charge in [0.25, 0.3) is 6.47 Å². The summed E-state index contributed by atoms with van der Waals surface area (Å²) in [5.41, 5.74) is 2.32. The molecule has 0 aliphatic carbocycles. The highest BCUT2D eigenvalue weighted by atomic mass is 19.4. The molecule has 8 nitrogen and oxygen atoms in total. The largest absolute Gasteiger partial charge is 0.483 e. The fourth-order valence-electron chi connectivity index (χ4n) is 2.16. The molecule has 1 aromatic carbocycles. The fourth-order valence-corrected chi connectivity index (χ4v) is 2.16. The van der Waals surface area contributed by atoms with Crippen LogP contribution >= 0.6 is 0 Å². The van der Waals surface area contributed by atoms with Gasteiger partial charge in [-0.3, -0.25) is 4.79 Å². The molecule has 0 amide bonds. The molecular weight excluding hydrogens is 419 g/mol. The zero-order valence-electron chi connectivity index (χ0n) is 17.5. The van der Waals surface area contributed by atoms with Gasteiger partial charge in [-0.15, -0.1) is 0 Å². The van der Waals surface area contributed by atoms with Gasteiger partial charge in [0.15, 0.2) is 18.3 Å². The topological polar surface area (TPSA) is 128 Å². The molecule has 3 rings (SSSR count). The van der Waals surface area contributed by atoms with Crippen molar-refractivity contribution in [1.82, 2.24) is 15.6 Å². The van der Waals surface area contributed by atoms with Crippen LogP contribution in [0.1, 0.15) is 18.4 Å². The number of hydrogen-bond acceptors (Lipinski definition) is 7. The Balaban J connectivity index is 0.000000427. The summed E-state index contributed by atoms with van der Waals surface area (Å²) in [4.78, 5) is 12.2. The zero-order chi connectivity index (χ0) is 23.7. The molecule has 1 aromatic heterocycles. The molecule has 1 aliphatic rings. The van der Waals surface area contributed by atoms with Gasteiger partial charge in [0.2, 0.25) is 0 Å². The second-order valence-corrected chi connectivity index (χ2v) is 6.43. The van der Waals surface area contributed by atoms with Crippen molar-refractivity contribution in [3.63, 3.8) is 0 Å². The number of nitrogens with one attached hydrogen (secondary N) is 2. The summed E-state index contributed by atoms with van der Waals surface area (Å²) >= 11 is 0.